The topological polar surface area (TPSA) is 58.2 Å². The van der Waals surface area contributed by atoms with E-state index in [2.05, 4.69) is 10.6 Å². The van der Waals surface area contributed by atoms with E-state index in [1.165, 1.54) is 0 Å². The molecule has 2 N–H and O–H groups in total. The SMILES string of the molecule is Br.O=C1NCCNC1=O. The Morgan fingerprint density at radius 3 is 1.56 bits per heavy atom. The maximum atomic E-state index is 10.3. The van der Waals surface area contributed by atoms with E-state index in [0.29, 0.717) is 13.1 Å². The Balaban J connectivity index is 0.000000640. The molecule has 0 radical (unpaired) electrons. The van der Waals surface area contributed by atoms with E-state index < -0.39 is 11.8 Å². The van der Waals surface area contributed by atoms with E-state index in [-0.39, 0.29) is 17.0 Å². The summed E-state index contributed by atoms with van der Waals surface area (Å²) >= 11 is 0. The van der Waals surface area contributed by atoms with E-state index in [1.54, 1.807) is 0 Å². The van der Waals surface area contributed by atoms with Crippen LogP contribution in [0.4, 0.5) is 0 Å². The predicted octanol–water partition coefficient (Wildman–Crippen LogP) is -1.19. The van der Waals surface area contributed by atoms with Gasteiger partial charge in [0.25, 0.3) is 0 Å². The van der Waals surface area contributed by atoms with Crippen molar-refractivity contribution < 1.29 is 9.59 Å². The summed E-state index contributed by atoms with van der Waals surface area (Å²) in [5, 5.41) is 4.76. The van der Waals surface area contributed by atoms with Gasteiger partial charge in [0.1, 0.15) is 0 Å². The number of carbonyl (C=O) groups excluding carboxylic acids is 2. The van der Waals surface area contributed by atoms with Crippen LogP contribution < -0.4 is 10.6 Å². The Labute approximate surface area is 62.8 Å². The summed E-state index contributed by atoms with van der Waals surface area (Å²) in [5.74, 6) is -1.06. The number of piperazine rings is 1. The van der Waals surface area contributed by atoms with Crippen LogP contribution in [0.1, 0.15) is 0 Å². The van der Waals surface area contributed by atoms with Crippen LogP contribution in [0.25, 0.3) is 0 Å². The van der Waals surface area contributed by atoms with Gasteiger partial charge in [-0.1, -0.05) is 0 Å². The molecular formula is C4H7BrN2O2. The van der Waals surface area contributed by atoms with Gasteiger partial charge in [-0.05, 0) is 0 Å². The Kier molecular flexibility index (Phi) is 3.22. The monoisotopic (exact) mass is 194 g/mol. The molecule has 0 aromatic carbocycles. The number of amides is 2. The second-order valence-corrected chi connectivity index (χ2v) is 1.51. The fraction of sp³-hybridized carbons (Fsp3) is 0.500. The van der Waals surface area contributed by atoms with Crippen LogP contribution in [-0.2, 0) is 9.59 Å². The van der Waals surface area contributed by atoms with Gasteiger partial charge in [-0.25, -0.2) is 0 Å². The van der Waals surface area contributed by atoms with Gasteiger partial charge in [-0.2, -0.15) is 0 Å². The van der Waals surface area contributed by atoms with Crippen molar-refractivity contribution in [3.63, 3.8) is 0 Å². The molecule has 2 amide bonds. The van der Waals surface area contributed by atoms with E-state index in [0.717, 1.165) is 0 Å². The molecule has 5 heteroatoms. The van der Waals surface area contributed by atoms with Crippen LogP contribution in [0.3, 0.4) is 0 Å². The molecule has 9 heavy (non-hydrogen) atoms. The average Bonchev–Trinajstić information content (AvgIpc) is 1.77. The number of hydrogen-bond acceptors (Lipinski definition) is 2. The lowest BCUT2D eigenvalue weighted by Crippen LogP contribution is -2.49. The summed E-state index contributed by atoms with van der Waals surface area (Å²) in [6, 6.07) is 0. The average molecular weight is 195 g/mol. The zero-order chi connectivity index (χ0) is 5.98. The largest absolute Gasteiger partial charge is 0.346 e. The number of halogens is 1. The fourth-order valence-corrected chi connectivity index (χ4v) is 0.513. The third-order valence-electron chi connectivity index (χ3n) is 0.902. The van der Waals surface area contributed by atoms with Crippen LogP contribution >= 0.6 is 17.0 Å². The maximum Gasteiger partial charge on any atom is 0.309 e. The molecule has 0 aromatic rings. The zero-order valence-corrected chi connectivity index (χ0v) is 6.35. The molecule has 4 nitrogen and oxygen atoms in total. The molecule has 52 valence electrons. The van der Waals surface area contributed by atoms with Crippen LogP contribution in [0.5, 0.6) is 0 Å². The van der Waals surface area contributed by atoms with Gasteiger partial charge in [0.05, 0.1) is 0 Å². The van der Waals surface area contributed by atoms with Crippen LogP contribution in [0, 0.1) is 0 Å². The number of nitrogens with one attached hydrogen (secondary N) is 2. The van der Waals surface area contributed by atoms with Crippen LogP contribution in [-0.4, -0.2) is 24.9 Å². The summed E-state index contributed by atoms with van der Waals surface area (Å²) in [5.41, 5.74) is 0. The van der Waals surface area contributed by atoms with Gasteiger partial charge >= 0.3 is 11.8 Å². The van der Waals surface area contributed by atoms with Gasteiger partial charge in [0, 0.05) is 13.1 Å². The van der Waals surface area contributed by atoms with Crippen LogP contribution in [0.15, 0.2) is 0 Å². The second kappa shape index (κ2) is 3.45. The minimum Gasteiger partial charge on any atom is -0.346 e. The standard InChI is InChI=1S/C4H6N2O2.BrH/c7-3-4(8)6-2-1-5-3;/h1-2H2,(H,5,7)(H,6,8);1H. The molecular weight excluding hydrogens is 188 g/mol. The lowest BCUT2D eigenvalue weighted by molar-refractivity contribution is -0.140. The third kappa shape index (κ3) is 2.01. The Morgan fingerprint density at radius 1 is 1.00 bits per heavy atom. The zero-order valence-electron chi connectivity index (χ0n) is 4.64. The molecule has 0 aliphatic carbocycles. The highest BCUT2D eigenvalue weighted by atomic mass is 79.9. The van der Waals surface area contributed by atoms with Crippen molar-refractivity contribution in [1.82, 2.24) is 10.6 Å². The van der Waals surface area contributed by atoms with Gasteiger partial charge in [-0.3, -0.25) is 9.59 Å². The normalized spacial score (nSPS) is 17.3. The first-order valence-corrected chi connectivity index (χ1v) is 2.37. The Bertz CT molecular complexity index is 121. The summed E-state index contributed by atoms with van der Waals surface area (Å²) in [4.78, 5) is 20.5. The molecule has 1 heterocycles. The van der Waals surface area contributed by atoms with Gasteiger partial charge < -0.3 is 10.6 Å². The Hall–Kier alpha value is -0.580. The van der Waals surface area contributed by atoms with Crippen molar-refractivity contribution in [2.24, 2.45) is 0 Å². The second-order valence-electron chi connectivity index (χ2n) is 1.51. The molecule has 0 atom stereocenters. The lowest BCUT2D eigenvalue weighted by atomic mass is 10.4. The Morgan fingerprint density at radius 2 is 1.33 bits per heavy atom. The molecule has 0 spiro atoms. The quantitative estimate of drug-likeness (QED) is 0.477. The molecule has 1 saturated heterocycles. The first-order valence-electron chi connectivity index (χ1n) is 2.37. The van der Waals surface area contributed by atoms with Crippen molar-refractivity contribution in [2.75, 3.05) is 13.1 Å². The first kappa shape index (κ1) is 8.42. The van der Waals surface area contributed by atoms with E-state index >= 15 is 0 Å². The highest BCUT2D eigenvalue weighted by molar-refractivity contribution is 8.93. The van der Waals surface area contributed by atoms with Crippen molar-refractivity contribution >= 4 is 28.8 Å². The molecule has 1 fully saturated rings. The molecule has 1 aliphatic rings. The van der Waals surface area contributed by atoms with Crippen molar-refractivity contribution in [3.05, 3.63) is 0 Å². The predicted molar refractivity (Wildman–Crippen MR) is 36.3 cm³/mol. The highest BCUT2D eigenvalue weighted by Crippen LogP contribution is 1.73. The minimum absolute atomic E-state index is 0. The number of hydrogen-bond donors (Lipinski definition) is 2. The lowest BCUT2D eigenvalue weighted by Gasteiger charge is -2.10. The summed E-state index contributed by atoms with van der Waals surface area (Å²) in [7, 11) is 0. The molecule has 0 saturated carbocycles. The number of carbonyl (C=O) groups is 2. The van der Waals surface area contributed by atoms with E-state index in [9.17, 15) is 9.59 Å². The molecule has 1 rings (SSSR count). The van der Waals surface area contributed by atoms with Gasteiger partial charge in [0.15, 0.2) is 0 Å². The van der Waals surface area contributed by atoms with Crippen molar-refractivity contribution in [3.8, 4) is 0 Å². The molecule has 0 unspecified atom stereocenters. The number of rotatable bonds is 0. The fourth-order valence-electron chi connectivity index (χ4n) is 0.513. The maximum absolute atomic E-state index is 10.3. The van der Waals surface area contributed by atoms with Crippen molar-refractivity contribution in [2.45, 2.75) is 0 Å². The minimum atomic E-state index is -0.531. The van der Waals surface area contributed by atoms with Gasteiger partial charge in [-0.15, -0.1) is 17.0 Å². The molecule has 1 aliphatic heterocycles. The molecule has 0 bridgehead atoms. The van der Waals surface area contributed by atoms with Crippen LogP contribution in [0.2, 0.25) is 0 Å². The summed E-state index contributed by atoms with van der Waals surface area (Å²) in [6.07, 6.45) is 0. The van der Waals surface area contributed by atoms with E-state index in [1.807, 2.05) is 0 Å². The third-order valence-corrected chi connectivity index (χ3v) is 0.902. The van der Waals surface area contributed by atoms with Gasteiger partial charge in [0.2, 0.25) is 0 Å². The molecule has 0 aromatic heterocycles. The smallest absolute Gasteiger partial charge is 0.309 e. The summed E-state index contributed by atoms with van der Waals surface area (Å²) in [6.45, 7) is 1.09. The van der Waals surface area contributed by atoms with Crippen molar-refractivity contribution in [1.29, 1.82) is 0 Å². The summed E-state index contributed by atoms with van der Waals surface area (Å²) < 4.78 is 0. The first-order chi connectivity index (χ1) is 3.80. The van der Waals surface area contributed by atoms with E-state index in [4.69, 9.17) is 0 Å². The highest BCUT2D eigenvalue weighted by Gasteiger charge is 2.15.